The average molecular weight is 190 g/mol. The SMILES string of the molecule is CCCCCCNC/C=C/CCl. The fourth-order valence-corrected chi connectivity index (χ4v) is 1.13. The molecule has 0 unspecified atom stereocenters. The Morgan fingerprint density at radius 1 is 1.17 bits per heavy atom. The van der Waals surface area contributed by atoms with Crippen molar-refractivity contribution in [3.63, 3.8) is 0 Å². The lowest BCUT2D eigenvalue weighted by atomic mass is 10.2. The van der Waals surface area contributed by atoms with Crippen LogP contribution in [0.5, 0.6) is 0 Å². The lowest BCUT2D eigenvalue weighted by Crippen LogP contribution is -2.14. The van der Waals surface area contributed by atoms with Crippen LogP contribution in [-0.2, 0) is 0 Å². The van der Waals surface area contributed by atoms with Crippen LogP contribution in [0.15, 0.2) is 12.2 Å². The molecule has 0 bridgehead atoms. The molecule has 1 nitrogen and oxygen atoms in total. The molecule has 0 aromatic carbocycles. The van der Waals surface area contributed by atoms with Crippen LogP contribution in [0.25, 0.3) is 0 Å². The first-order chi connectivity index (χ1) is 5.91. The Balaban J connectivity index is 2.86. The minimum absolute atomic E-state index is 0.623. The Hall–Kier alpha value is -0.0100. The van der Waals surface area contributed by atoms with Crippen molar-refractivity contribution >= 4 is 11.6 Å². The fourth-order valence-electron chi connectivity index (χ4n) is 1.01. The molecule has 0 radical (unpaired) electrons. The molecule has 0 saturated heterocycles. The lowest BCUT2D eigenvalue weighted by Gasteiger charge is -1.99. The van der Waals surface area contributed by atoms with Gasteiger partial charge in [0.1, 0.15) is 0 Å². The molecular formula is C10H20ClN. The van der Waals surface area contributed by atoms with Crippen molar-refractivity contribution in [1.82, 2.24) is 5.32 Å². The Morgan fingerprint density at radius 3 is 2.67 bits per heavy atom. The molecule has 72 valence electrons. The first-order valence-electron chi connectivity index (χ1n) is 4.83. The number of rotatable bonds is 8. The van der Waals surface area contributed by atoms with E-state index in [4.69, 9.17) is 11.6 Å². The predicted octanol–water partition coefficient (Wildman–Crippen LogP) is 2.95. The van der Waals surface area contributed by atoms with E-state index in [1.807, 2.05) is 6.08 Å². The second kappa shape index (κ2) is 11.0. The summed E-state index contributed by atoms with van der Waals surface area (Å²) in [6.07, 6.45) is 9.37. The van der Waals surface area contributed by atoms with Gasteiger partial charge in [-0.1, -0.05) is 38.3 Å². The second-order valence-electron chi connectivity index (χ2n) is 2.89. The molecule has 0 aliphatic heterocycles. The van der Waals surface area contributed by atoms with E-state index in [9.17, 15) is 0 Å². The van der Waals surface area contributed by atoms with Crippen molar-refractivity contribution in [3.05, 3.63) is 12.2 Å². The van der Waals surface area contributed by atoms with Gasteiger partial charge in [-0.2, -0.15) is 0 Å². The van der Waals surface area contributed by atoms with Gasteiger partial charge in [-0.15, -0.1) is 11.6 Å². The maximum Gasteiger partial charge on any atom is 0.0404 e. The van der Waals surface area contributed by atoms with Crippen LogP contribution in [0.3, 0.4) is 0 Å². The van der Waals surface area contributed by atoms with E-state index in [2.05, 4.69) is 18.3 Å². The fraction of sp³-hybridized carbons (Fsp3) is 0.800. The molecule has 0 saturated carbocycles. The Morgan fingerprint density at radius 2 is 2.00 bits per heavy atom. The Bertz CT molecular complexity index is 102. The maximum absolute atomic E-state index is 5.47. The molecule has 0 amide bonds. The summed E-state index contributed by atoms with van der Waals surface area (Å²) in [5, 5.41) is 3.33. The van der Waals surface area contributed by atoms with Crippen molar-refractivity contribution in [3.8, 4) is 0 Å². The third-order valence-corrected chi connectivity index (χ3v) is 1.90. The highest BCUT2D eigenvalue weighted by Crippen LogP contribution is 1.96. The van der Waals surface area contributed by atoms with Crippen LogP contribution in [0, 0.1) is 0 Å². The first kappa shape index (κ1) is 12.0. The number of allylic oxidation sites excluding steroid dienone is 1. The van der Waals surface area contributed by atoms with Crippen LogP contribution >= 0.6 is 11.6 Å². The normalized spacial score (nSPS) is 11.2. The Labute approximate surface area is 81.2 Å². The summed E-state index contributed by atoms with van der Waals surface area (Å²) in [4.78, 5) is 0. The molecule has 0 aromatic heterocycles. The van der Waals surface area contributed by atoms with Gasteiger partial charge in [-0.25, -0.2) is 0 Å². The number of unbranched alkanes of at least 4 members (excludes halogenated alkanes) is 3. The molecule has 0 atom stereocenters. The molecule has 1 N–H and O–H groups in total. The molecule has 0 spiro atoms. The number of alkyl halides is 1. The molecule has 2 heteroatoms. The van der Waals surface area contributed by atoms with E-state index in [1.54, 1.807) is 0 Å². The number of hydrogen-bond donors (Lipinski definition) is 1. The van der Waals surface area contributed by atoms with E-state index in [0.717, 1.165) is 13.1 Å². The van der Waals surface area contributed by atoms with Crippen LogP contribution in [0.4, 0.5) is 0 Å². The minimum Gasteiger partial charge on any atom is -0.313 e. The third kappa shape index (κ3) is 9.99. The van der Waals surface area contributed by atoms with E-state index < -0.39 is 0 Å². The van der Waals surface area contributed by atoms with Crippen molar-refractivity contribution < 1.29 is 0 Å². The standard InChI is InChI=1S/C10H20ClN/c1-2-3-4-6-9-12-10-7-5-8-11/h5,7,12H,2-4,6,8-10H2,1H3/b7-5+. The van der Waals surface area contributed by atoms with Crippen LogP contribution < -0.4 is 5.32 Å². The van der Waals surface area contributed by atoms with Gasteiger partial charge < -0.3 is 5.32 Å². The van der Waals surface area contributed by atoms with E-state index in [0.29, 0.717) is 5.88 Å². The summed E-state index contributed by atoms with van der Waals surface area (Å²) in [5.41, 5.74) is 0. The van der Waals surface area contributed by atoms with Crippen molar-refractivity contribution in [2.45, 2.75) is 32.6 Å². The molecule has 0 fully saturated rings. The van der Waals surface area contributed by atoms with Crippen molar-refractivity contribution in [1.29, 1.82) is 0 Å². The molecule has 12 heavy (non-hydrogen) atoms. The van der Waals surface area contributed by atoms with Crippen molar-refractivity contribution in [2.24, 2.45) is 0 Å². The predicted molar refractivity (Wildman–Crippen MR) is 56.9 cm³/mol. The van der Waals surface area contributed by atoms with Gasteiger partial charge in [-0.3, -0.25) is 0 Å². The summed E-state index contributed by atoms with van der Waals surface area (Å²) in [6, 6.07) is 0. The minimum atomic E-state index is 0.623. The third-order valence-electron chi connectivity index (χ3n) is 1.73. The second-order valence-corrected chi connectivity index (χ2v) is 3.20. The lowest BCUT2D eigenvalue weighted by molar-refractivity contribution is 0.620. The van der Waals surface area contributed by atoms with E-state index in [1.165, 1.54) is 25.7 Å². The molecule has 0 aliphatic carbocycles. The van der Waals surface area contributed by atoms with Crippen LogP contribution in [0.1, 0.15) is 32.6 Å². The van der Waals surface area contributed by atoms with Gasteiger partial charge in [0.15, 0.2) is 0 Å². The van der Waals surface area contributed by atoms with Gasteiger partial charge in [0.2, 0.25) is 0 Å². The molecule has 0 rings (SSSR count). The smallest absolute Gasteiger partial charge is 0.0404 e. The first-order valence-corrected chi connectivity index (χ1v) is 5.37. The molecular weight excluding hydrogens is 170 g/mol. The van der Waals surface area contributed by atoms with E-state index >= 15 is 0 Å². The summed E-state index contributed by atoms with van der Waals surface area (Å²) in [6.45, 7) is 4.32. The molecule has 0 heterocycles. The highest BCUT2D eigenvalue weighted by Gasteiger charge is 1.85. The van der Waals surface area contributed by atoms with Gasteiger partial charge in [-0.05, 0) is 13.0 Å². The monoisotopic (exact) mass is 189 g/mol. The van der Waals surface area contributed by atoms with E-state index in [-0.39, 0.29) is 0 Å². The highest BCUT2D eigenvalue weighted by atomic mass is 35.5. The van der Waals surface area contributed by atoms with Gasteiger partial charge in [0.05, 0.1) is 0 Å². The largest absolute Gasteiger partial charge is 0.313 e. The topological polar surface area (TPSA) is 12.0 Å². The quantitative estimate of drug-likeness (QED) is 0.352. The van der Waals surface area contributed by atoms with Crippen LogP contribution in [0.2, 0.25) is 0 Å². The molecule has 0 aliphatic rings. The summed E-state index contributed by atoms with van der Waals surface area (Å²) >= 11 is 5.47. The zero-order valence-electron chi connectivity index (χ0n) is 7.98. The Kier molecular flexibility index (Phi) is 11.0. The number of halogens is 1. The summed E-state index contributed by atoms with van der Waals surface area (Å²) < 4.78 is 0. The van der Waals surface area contributed by atoms with Crippen LogP contribution in [-0.4, -0.2) is 19.0 Å². The van der Waals surface area contributed by atoms with Gasteiger partial charge in [0, 0.05) is 12.4 Å². The zero-order valence-corrected chi connectivity index (χ0v) is 8.74. The van der Waals surface area contributed by atoms with Gasteiger partial charge in [0.25, 0.3) is 0 Å². The maximum atomic E-state index is 5.47. The molecule has 0 aromatic rings. The van der Waals surface area contributed by atoms with Crippen molar-refractivity contribution in [2.75, 3.05) is 19.0 Å². The number of hydrogen-bond acceptors (Lipinski definition) is 1. The number of nitrogens with one attached hydrogen (secondary N) is 1. The zero-order chi connectivity index (χ0) is 9.07. The summed E-state index contributed by atoms with van der Waals surface area (Å²) in [7, 11) is 0. The van der Waals surface area contributed by atoms with Gasteiger partial charge >= 0.3 is 0 Å². The summed E-state index contributed by atoms with van der Waals surface area (Å²) in [5.74, 6) is 0.623. The average Bonchev–Trinajstić information content (AvgIpc) is 2.10. The highest BCUT2D eigenvalue weighted by molar-refractivity contribution is 6.18.